The Hall–Kier alpha value is -0.150. The molecule has 0 spiro atoms. The standard InChI is InChI=1S/C6H12FN2/c1-2-9-6-4-8-3-5(6)7/h5-6,9H,2-4H2,1H3. The lowest BCUT2D eigenvalue weighted by molar-refractivity contribution is 0.302. The van der Waals surface area contributed by atoms with Crippen molar-refractivity contribution >= 4 is 0 Å². The zero-order chi connectivity index (χ0) is 6.69. The molecular formula is C6H12FN2. The van der Waals surface area contributed by atoms with Gasteiger partial charge in [0, 0.05) is 13.1 Å². The van der Waals surface area contributed by atoms with Gasteiger partial charge in [-0.1, -0.05) is 6.92 Å². The van der Waals surface area contributed by atoms with Crippen LogP contribution in [0.4, 0.5) is 4.39 Å². The van der Waals surface area contributed by atoms with Crippen molar-refractivity contribution in [1.29, 1.82) is 0 Å². The van der Waals surface area contributed by atoms with Crippen LogP contribution in [0, 0.1) is 0 Å². The van der Waals surface area contributed by atoms with Crippen LogP contribution >= 0.6 is 0 Å². The molecule has 1 N–H and O–H groups in total. The average Bonchev–Trinajstić information content (AvgIpc) is 2.18. The molecule has 0 aliphatic carbocycles. The summed E-state index contributed by atoms with van der Waals surface area (Å²) in [4.78, 5) is 0. The van der Waals surface area contributed by atoms with Crippen LogP contribution < -0.4 is 10.6 Å². The van der Waals surface area contributed by atoms with Crippen LogP contribution in [0.25, 0.3) is 0 Å². The third kappa shape index (κ3) is 1.63. The largest absolute Gasteiger partial charge is 0.310 e. The third-order valence-corrected chi connectivity index (χ3v) is 1.53. The second kappa shape index (κ2) is 3.13. The van der Waals surface area contributed by atoms with Gasteiger partial charge in [0.05, 0.1) is 6.04 Å². The second-order valence-corrected chi connectivity index (χ2v) is 2.27. The molecule has 3 heteroatoms. The monoisotopic (exact) mass is 131 g/mol. The molecule has 0 aromatic rings. The van der Waals surface area contributed by atoms with E-state index in [9.17, 15) is 4.39 Å². The average molecular weight is 131 g/mol. The first kappa shape index (κ1) is 6.96. The molecule has 2 atom stereocenters. The fraction of sp³-hybridized carbons (Fsp3) is 1.00. The molecule has 1 aliphatic rings. The summed E-state index contributed by atoms with van der Waals surface area (Å²) in [5, 5.41) is 6.95. The normalized spacial score (nSPS) is 35.3. The van der Waals surface area contributed by atoms with Gasteiger partial charge in [0.1, 0.15) is 6.17 Å². The predicted molar refractivity (Wildman–Crippen MR) is 34.2 cm³/mol. The Balaban J connectivity index is 2.22. The Morgan fingerprint density at radius 2 is 2.44 bits per heavy atom. The first-order chi connectivity index (χ1) is 4.34. The van der Waals surface area contributed by atoms with E-state index < -0.39 is 6.17 Å². The number of rotatable bonds is 2. The molecule has 0 saturated carbocycles. The molecule has 53 valence electrons. The first-order valence-corrected chi connectivity index (χ1v) is 3.35. The summed E-state index contributed by atoms with van der Waals surface area (Å²) in [5.41, 5.74) is 0. The first-order valence-electron chi connectivity index (χ1n) is 3.35. The van der Waals surface area contributed by atoms with Gasteiger partial charge in [0.15, 0.2) is 0 Å². The molecule has 2 unspecified atom stereocenters. The van der Waals surface area contributed by atoms with Crippen molar-refractivity contribution in [3.8, 4) is 0 Å². The highest BCUT2D eigenvalue weighted by Gasteiger charge is 2.26. The van der Waals surface area contributed by atoms with Gasteiger partial charge in [-0.25, -0.2) is 9.71 Å². The SMILES string of the molecule is CCNC1C[N]CC1F. The summed E-state index contributed by atoms with van der Waals surface area (Å²) in [6.07, 6.45) is -0.745. The van der Waals surface area contributed by atoms with Crippen LogP contribution in [0.5, 0.6) is 0 Å². The number of halogens is 1. The highest BCUT2D eigenvalue weighted by molar-refractivity contribution is 4.85. The predicted octanol–water partition coefficient (Wildman–Crippen LogP) is -0.0794. The molecule has 1 saturated heterocycles. The Bertz CT molecular complexity index is 87.1. The van der Waals surface area contributed by atoms with Gasteiger partial charge >= 0.3 is 0 Å². The van der Waals surface area contributed by atoms with Gasteiger partial charge in [-0.2, -0.15) is 0 Å². The highest BCUT2D eigenvalue weighted by atomic mass is 19.1. The fourth-order valence-corrected chi connectivity index (χ4v) is 1.03. The summed E-state index contributed by atoms with van der Waals surface area (Å²) in [5.74, 6) is 0. The molecule has 2 nitrogen and oxygen atoms in total. The molecule has 1 radical (unpaired) electrons. The van der Waals surface area contributed by atoms with Crippen molar-refractivity contribution in [2.45, 2.75) is 19.1 Å². The number of nitrogens with zero attached hydrogens (tertiary/aromatic N) is 1. The lowest BCUT2D eigenvalue weighted by atomic mass is 10.2. The van der Waals surface area contributed by atoms with E-state index in [-0.39, 0.29) is 6.04 Å². The zero-order valence-corrected chi connectivity index (χ0v) is 5.60. The molecule has 1 fully saturated rings. The van der Waals surface area contributed by atoms with E-state index in [1.807, 2.05) is 6.92 Å². The van der Waals surface area contributed by atoms with Crippen molar-refractivity contribution in [1.82, 2.24) is 10.6 Å². The van der Waals surface area contributed by atoms with E-state index in [1.165, 1.54) is 0 Å². The minimum absolute atomic E-state index is 0.00463. The lowest BCUT2D eigenvalue weighted by Crippen LogP contribution is -2.36. The number of hydrogen-bond acceptors (Lipinski definition) is 1. The van der Waals surface area contributed by atoms with E-state index in [0.29, 0.717) is 13.1 Å². The third-order valence-electron chi connectivity index (χ3n) is 1.53. The van der Waals surface area contributed by atoms with E-state index in [0.717, 1.165) is 6.54 Å². The van der Waals surface area contributed by atoms with Crippen LogP contribution in [-0.2, 0) is 0 Å². The van der Waals surface area contributed by atoms with Gasteiger partial charge in [-0.05, 0) is 6.54 Å². The fourth-order valence-electron chi connectivity index (χ4n) is 1.03. The van der Waals surface area contributed by atoms with Crippen molar-refractivity contribution in [3.63, 3.8) is 0 Å². The number of hydrogen-bond donors (Lipinski definition) is 1. The zero-order valence-electron chi connectivity index (χ0n) is 5.60. The van der Waals surface area contributed by atoms with Crippen LogP contribution in [0.3, 0.4) is 0 Å². The molecular weight excluding hydrogens is 119 g/mol. The van der Waals surface area contributed by atoms with Crippen LogP contribution in [0.15, 0.2) is 0 Å². The molecule has 0 aromatic heterocycles. The van der Waals surface area contributed by atoms with Crippen molar-refractivity contribution < 1.29 is 4.39 Å². The van der Waals surface area contributed by atoms with Gasteiger partial charge < -0.3 is 5.32 Å². The molecule has 9 heavy (non-hydrogen) atoms. The maximum atomic E-state index is 12.6. The summed E-state index contributed by atoms with van der Waals surface area (Å²) in [6.45, 7) is 3.85. The van der Waals surface area contributed by atoms with Crippen LogP contribution in [0.1, 0.15) is 6.92 Å². The highest BCUT2D eigenvalue weighted by Crippen LogP contribution is 2.04. The van der Waals surface area contributed by atoms with Gasteiger partial charge in [-0.3, -0.25) is 0 Å². The Labute approximate surface area is 54.8 Å². The Morgan fingerprint density at radius 3 is 2.89 bits per heavy atom. The van der Waals surface area contributed by atoms with Crippen LogP contribution in [0.2, 0.25) is 0 Å². The minimum Gasteiger partial charge on any atom is -0.310 e. The molecule has 0 bridgehead atoms. The van der Waals surface area contributed by atoms with Gasteiger partial charge in [0.2, 0.25) is 0 Å². The van der Waals surface area contributed by atoms with E-state index in [1.54, 1.807) is 0 Å². The Kier molecular flexibility index (Phi) is 2.42. The molecule has 0 amide bonds. The number of alkyl halides is 1. The van der Waals surface area contributed by atoms with E-state index in [2.05, 4.69) is 10.6 Å². The van der Waals surface area contributed by atoms with Gasteiger partial charge in [-0.15, -0.1) is 0 Å². The number of nitrogens with one attached hydrogen (secondary N) is 1. The molecule has 0 aromatic carbocycles. The molecule has 1 aliphatic heterocycles. The van der Waals surface area contributed by atoms with Crippen molar-refractivity contribution in [2.75, 3.05) is 19.6 Å². The summed E-state index contributed by atoms with van der Waals surface area (Å²) in [7, 11) is 0. The minimum atomic E-state index is -0.745. The molecule has 1 rings (SSSR count). The lowest BCUT2D eigenvalue weighted by Gasteiger charge is -2.10. The van der Waals surface area contributed by atoms with Gasteiger partial charge in [0.25, 0.3) is 0 Å². The summed E-state index contributed by atoms with van der Waals surface area (Å²) >= 11 is 0. The van der Waals surface area contributed by atoms with E-state index in [4.69, 9.17) is 0 Å². The van der Waals surface area contributed by atoms with Crippen molar-refractivity contribution in [2.24, 2.45) is 0 Å². The summed E-state index contributed by atoms with van der Waals surface area (Å²) in [6, 6.07) is -0.00463. The molecule has 1 heterocycles. The maximum Gasteiger partial charge on any atom is 0.131 e. The van der Waals surface area contributed by atoms with Crippen molar-refractivity contribution in [3.05, 3.63) is 0 Å². The maximum absolute atomic E-state index is 12.6. The topological polar surface area (TPSA) is 26.1 Å². The van der Waals surface area contributed by atoms with Crippen LogP contribution in [-0.4, -0.2) is 31.8 Å². The quantitative estimate of drug-likeness (QED) is 0.557. The number of likely N-dealkylation sites (N-methyl/N-ethyl adjacent to an activating group) is 1. The second-order valence-electron chi connectivity index (χ2n) is 2.27. The Morgan fingerprint density at radius 1 is 1.67 bits per heavy atom. The summed E-state index contributed by atoms with van der Waals surface area (Å²) < 4.78 is 12.6. The smallest absolute Gasteiger partial charge is 0.131 e. The van der Waals surface area contributed by atoms with E-state index >= 15 is 0 Å².